The summed E-state index contributed by atoms with van der Waals surface area (Å²) in [6, 6.07) is 8.55. The molecule has 1 unspecified atom stereocenters. The number of nitrogens with zero attached hydrogens (tertiary/aromatic N) is 4. The molecule has 0 amide bonds. The molecule has 2 aliphatic rings. The van der Waals surface area contributed by atoms with Crippen molar-refractivity contribution < 1.29 is 9.47 Å². The third kappa shape index (κ3) is 4.24. The first-order chi connectivity index (χ1) is 13.2. The van der Waals surface area contributed by atoms with E-state index in [9.17, 15) is 0 Å². The maximum absolute atomic E-state index is 5.48. The van der Waals surface area contributed by atoms with Gasteiger partial charge in [-0.15, -0.1) is 0 Å². The minimum Gasteiger partial charge on any atom is -0.454 e. The molecule has 0 spiro atoms. The molecule has 7 nitrogen and oxygen atoms in total. The predicted octanol–water partition coefficient (Wildman–Crippen LogP) is 2.74. The lowest BCUT2D eigenvalue weighted by atomic mass is 10.1. The van der Waals surface area contributed by atoms with E-state index in [-0.39, 0.29) is 0 Å². The molecule has 3 heterocycles. The standard InChI is InChI=1S/C20H27N5O2/c1-3-15(2)22-19-6-7-21-20(23-19)25-10-8-24(9-11-25)13-16-4-5-17-18(12-16)27-14-26-17/h4-7,12,15H,3,8-11,13-14H2,1-2H3,(H,21,22,23). The van der Waals surface area contributed by atoms with Crippen LogP contribution in [0.15, 0.2) is 30.5 Å². The Kier molecular flexibility index (Phi) is 5.29. The van der Waals surface area contributed by atoms with Gasteiger partial charge in [0.15, 0.2) is 11.5 Å². The largest absolute Gasteiger partial charge is 0.454 e. The Bertz CT molecular complexity index is 777. The number of hydrogen-bond acceptors (Lipinski definition) is 7. The highest BCUT2D eigenvalue weighted by atomic mass is 16.7. The van der Waals surface area contributed by atoms with E-state index in [1.165, 1.54) is 5.56 Å². The van der Waals surface area contributed by atoms with Crippen molar-refractivity contribution in [3.63, 3.8) is 0 Å². The van der Waals surface area contributed by atoms with E-state index in [4.69, 9.17) is 9.47 Å². The zero-order valence-corrected chi connectivity index (χ0v) is 16.0. The summed E-state index contributed by atoms with van der Waals surface area (Å²) in [6.07, 6.45) is 2.91. The first kappa shape index (κ1) is 17.9. The van der Waals surface area contributed by atoms with Gasteiger partial charge in [0, 0.05) is 45.0 Å². The van der Waals surface area contributed by atoms with Crippen molar-refractivity contribution in [3.8, 4) is 11.5 Å². The van der Waals surface area contributed by atoms with Crippen LogP contribution in [-0.2, 0) is 6.54 Å². The van der Waals surface area contributed by atoms with Crippen LogP contribution < -0.4 is 19.7 Å². The summed E-state index contributed by atoms with van der Waals surface area (Å²) < 4.78 is 10.9. The quantitative estimate of drug-likeness (QED) is 0.840. The number of ether oxygens (including phenoxy) is 2. The smallest absolute Gasteiger partial charge is 0.231 e. The number of aromatic nitrogens is 2. The molecule has 2 aliphatic heterocycles. The fourth-order valence-corrected chi connectivity index (χ4v) is 3.34. The van der Waals surface area contributed by atoms with Crippen molar-refractivity contribution >= 4 is 11.8 Å². The van der Waals surface area contributed by atoms with Crippen molar-refractivity contribution in [2.75, 3.05) is 43.2 Å². The molecule has 1 aromatic carbocycles. The van der Waals surface area contributed by atoms with Crippen molar-refractivity contribution in [1.29, 1.82) is 0 Å². The molecule has 0 saturated carbocycles. The molecule has 27 heavy (non-hydrogen) atoms. The molecular weight excluding hydrogens is 342 g/mol. The number of anilines is 2. The Labute approximate surface area is 160 Å². The van der Waals surface area contributed by atoms with Crippen molar-refractivity contribution in [2.24, 2.45) is 0 Å². The highest BCUT2D eigenvalue weighted by Crippen LogP contribution is 2.32. The average Bonchev–Trinajstić information content (AvgIpc) is 3.16. The lowest BCUT2D eigenvalue weighted by Crippen LogP contribution is -2.46. The second kappa shape index (κ2) is 8.00. The number of piperazine rings is 1. The zero-order chi connectivity index (χ0) is 18.6. The lowest BCUT2D eigenvalue weighted by molar-refractivity contribution is 0.174. The minimum atomic E-state index is 0.322. The fraction of sp³-hybridized carbons (Fsp3) is 0.500. The van der Waals surface area contributed by atoms with Gasteiger partial charge in [-0.05, 0) is 37.1 Å². The van der Waals surface area contributed by atoms with Gasteiger partial charge in [-0.1, -0.05) is 13.0 Å². The molecule has 0 bridgehead atoms. The summed E-state index contributed by atoms with van der Waals surface area (Å²) in [5.74, 6) is 3.40. The van der Waals surface area contributed by atoms with E-state index in [2.05, 4.69) is 51.1 Å². The summed E-state index contributed by atoms with van der Waals surface area (Å²) in [6.45, 7) is 9.40. The van der Waals surface area contributed by atoms with Gasteiger partial charge < -0.3 is 19.7 Å². The number of hydrogen-bond donors (Lipinski definition) is 1. The van der Waals surface area contributed by atoms with Gasteiger partial charge in [-0.25, -0.2) is 4.98 Å². The molecule has 1 atom stereocenters. The summed E-state index contributed by atoms with van der Waals surface area (Å²) in [4.78, 5) is 13.9. The molecule has 2 aromatic rings. The van der Waals surface area contributed by atoms with Crippen LogP contribution in [0, 0.1) is 0 Å². The van der Waals surface area contributed by atoms with Gasteiger partial charge in [0.2, 0.25) is 12.7 Å². The first-order valence-corrected chi connectivity index (χ1v) is 9.66. The van der Waals surface area contributed by atoms with Crippen molar-refractivity contribution in [3.05, 3.63) is 36.0 Å². The highest BCUT2D eigenvalue weighted by Gasteiger charge is 2.20. The number of benzene rings is 1. The Morgan fingerprint density at radius 1 is 1.11 bits per heavy atom. The van der Waals surface area contributed by atoms with Gasteiger partial charge in [-0.2, -0.15) is 4.98 Å². The number of rotatable bonds is 6. The van der Waals surface area contributed by atoms with Crippen LogP contribution >= 0.6 is 0 Å². The monoisotopic (exact) mass is 369 g/mol. The van der Waals surface area contributed by atoms with Crippen LogP contribution in [0.3, 0.4) is 0 Å². The topological polar surface area (TPSA) is 62.8 Å². The third-order valence-corrected chi connectivity index (χ3v) is 5.15. The van der Waals surface area contributed by atoms with E-state index in [1.54, 1.807) is 0 Å². The van der Waals surface area contributed by atoms with Crippen LogP contribution in [0.1, 0.15) is 25.8 Å². The normalized spacial score (nSPS) is 17.8. The summed E-state index contributed by atoms with van der Waals surface area (Å²) >= 11 is 0. The van der Waals surface area contributed by atoms with E-state index in [0.29, 0.717) is 12.8 Å². The summed E-state index contributed by atoms with van der Waals surface area (Å²) in [5, 5.41) is 3.42. The van der Waals surface area contributed by atoms with Crippen molar-refractivity contribution in [1.82, 2.24) is 14.9 Å². The van der Waals surface area contributed by atoms with E-state index in [1.807, 2.05) is 18.3 Å². The Balaban J connectivity index is 1.33. The van der Waals surface area contributed by atoms with Gasteiger partial charge in [0.05, 0.1) is 0 Å². The fourth-order valence-electron chi connectivity index (χ4n) is 3.34. The minimum absolute atomic E-state index is 0.322. The number of fused-ring (bicyclic) bond motifs is 1. The molecule has 144 valence electrons. The first-order valence-electron chi connectivity index (χ1n) is 9.66. The van der Waals surface area contributed by atoms with Crippen LogP contribution in [0.25, 0.3) is 0 Å². The molecule has 1 saturated heterocycles. The van der Waals surface area contributed by atoms with Crippen LogP contribution in [0.2, 0.25) is 0 Å². The summed E-state index contributed by atoms with van der Waals surface area (Å²) in [5.41, 5.74) is 1.25. The van der Waals surface area contributed by atoms with Crippen molar-refractivity contribution in [2.45, 2.75) is 32.9 Å². The highest BCUT2D eigenvalue weighted by molar-refractivity contribution is 5.45. The molecule has 7 heteroatoms. The molecule has 1 aromatic heterocycles. The van der Waals surface area contributed by atoms with E-state index >= 15 is 0 Å². The van der Waals surface area contributed by atoms with Gasteiger partial charge >= 0.3 is 0 Å². The van der Waals surface area contributed by atoms with E-state index < -0.39 is 0 Å². The Morgan fingerprint density at radius 2 is 1.93 bits per heavy atom. The molecule has 1 N–H and O–H groups in total. The second-order valence-corrected chi connectivity index (χ2v) is 7.15. The van der Waals surface area contributed by atoms with Crippen LogP contribution in [0.5, 0.6) is 11.5 Å². The molecule has 4 rings (SSSR count). The number of nitrogens with one attached hydrogen (secondary N) is 1. The van der Waals surface area contributed by atoms with Crippen LogP contribution in [0.4, 0.5) is 11.8 Å². The Hall–Kier alpha value is -2.54. The Morgan fingerprint density at radius 3 is 2.74 bits per heavy atom. The molecule has 0 aliphatic carbocycles. The lowest BCUT2D eigenvalue weighted by Gasteiger charge is -2.34. The zero-order valence-electron chi connectivity index (χ0n) is 16.0. The third-order valence-electron chi connectivity index (χ3n) is 5.15. The SMILES string of the molecule is CCC(C)Nc1ccnc(N2CCN(Cc3ccc4c(c3)OCO4)CC2)n1. The summed E-state index contributed by atoms with van der Waals surface area (Å²) in [7, 11) is 0. The van der Waals surface area contributed by atoms with Gasteiger partial charge in [-0.3, -0.25) is 4.90 Å². The molecule has 1 fully saturated rings. The average molecular weight is 369 g/mol. The maximum Gasteiger partial charge on any atom is 0.231 e. The molecule has 0 radical (unpaired) electrons. The van der Waals surface area contributed by atoms with Crippen LogP contribution in [-0.4, -0.2) is 53.9 Å². The van der Waals surface area contributed by atoms with Gasteiger partial charge in [0.25, 0.3) is 0 Å². The van der Waals surface area contributed by atoms with E-state index in [0.717, 1.165) is 62.4 Å². The molecular formula is C20H27N5O2. The maximum atomic E-state index is 5.48. The van der Waals surface area contributed by atoms with Gasteiger partial charge in [0.1, 0.15) is 5.82 Å². The second-order valence-electron chi connectivity index (χ2n) is 7.15. The predicted molar refractivity (Wildman–Crippen MR) is 105 cm³/mol.